The average Bonchev–Trinajstić information content (AvgIpc) is 3.17. The van der Waals surface area contributed by atoms with Gasteiger partial charge in [0, 0.05) is 0 Å². The van der Waals surface area contributed by atoms with E-state index in [1.54, 1.807) is 0 Å². The van der Waals surface area contributed by atoms with Crippen LogP contribution in [0.1, 0.15) is 58.6 Å². The van der Waals surface area contributed by atoms with Gasteiger partial charge in [0.2, 0.25) is 0 Å². The molecule has 0 saturated heterocycles. The molecule has 32 heavy (non-hydrogen) atoms. The Morgan fingerprint density at radius 1 is 0.562 bits per heavy atom. The molecule has 0 amide bonds. The van der Waals surface area contributed by atoms with Crippen LogP contribution in [0.4, 0.5) is 0 Å². The van der Waals surface area contributed by atoms with E-state index in [4.69, 9.17) is 0 Å². The lowest BCUT2D eigenvalue weighted by atomic mass is 9.50. The topological polar surface area (TPSA) is 0 Å². The van der Waals surface area contributed by atoms with Crippen LogP contribution in [0.3, 0.4) is 0 Å². The van der Waals surface area contributed by atoms with Crippen molar-refractivity contribution in [1.29, 1.82) is 0 Å². The number of rotatable bonds is 1. The summed E-state index contributed by atoms with van der Waals surface area (Å²) < 4.78 is 0. The van der Waals surface area contributed by atoms with E-state index in [1.165, 1.54) is 33.4 Å². The van der Waals surface area contributed by atoms with Crippen molar-refractivity contribution in [2.75, 3.05) is 0 Å². The van der Waals surface area contributed by atoms with Gasteiger partial charge in [-0.05, 0) is 99.9 Å². The number of allylic oxidation sites excluding steroid dienone is 4. The van der Waals surface area contributed by atoms with E-state index in [9.17, 15) is 0 Å². The molecule has 8 atom stereocenters. The molecule has 0 aliphatic heterocycles. The van der Waals surface area contributed by atoms with E-state index < -0.39 is 0 Å². The number of hydrogen-bond acceptors (Lipinski definition) is 0. The summed E-state index contributed by atoms with van der Waals surface area (Å²) in [6, 6.07) is 8.71. The molecular formula is C32H44. The number of hydrogen-bond donors (Lipinski definition) is 0. The van der Waals surface area contributed by atoms with Crippen molar-refractivity contribution < 1.29 is 0 Å². The van der Waals surface area contributed by atoms with Crippen LogP contribution in [0.5, 0.6) is 0 Å². The lowest BCUT2D eigenvalue weighted by Gasteiger charge is -2.54. The number of aryl methyl sites for hydroxylation is 1. The molecule has 4 aliphatic rings. The molecule has 8 unspecified atom stereocenters. The van der Waals surface area contributed by atoms with Gasteiger partial charge in [-0.3, -0.25) is 0 Å². The van der Waals surface area contributed by atoms with E-state index in [0.29, 0.717) is 53.3 Å². The Labute approximate surface area is 197 Å². The van der Waals surface area contributed by atoms with Crippen LogP contribution < -0.4 is 0 Å². The van der Waals surface area contributed by atoms with E-state index in [0.717, 1.165) is 11.8 Å². The van der Waals surface area contributed by atoms with Crippen molar-refractivity contribution in [2.45, 2.75) is 54.4 Å². The van der Waals surface area contributed by atoms with Crippen molar-refractivity contribution in [2.24, 2.45) is 59.2 Å². The summed E-state index contributed by atoms with van der Waals surface area (Å²) >= 11 is 0. The molecular weight excluding hydrogens is 384 g/mol. The molecule has 5 rings (SSSR count). The van der Waals surface area contributed by atoms with E-state index in [2.05, 4.69) is 99.0 Å². The normalized spacial score (nSPS) is 42.1. The molecule has 0 aromatic heterocycles. The predicted molar refractivity (Wildman–Crippen MR) is 139 cm³/mol. The largest absolute Gasteiger partial charge is 0.0953 e. The highest BCUT2D eigenvalue weighted by atomic mass is 14.7. The third-order valence-electron chi connectivity index (χ3n) is 10.2. The van der Waals surface area contributed by atoms with Gasteiger partial charge in [0.15, 0.2) is 0 Å². The molecule has 0 heterocycles. The zero-order chi connectivity index (χ0) is 23.6. The van der Waals surface area contributed by atoms with E-state index in [-0.39, 0.29) is 0 Å². The van der Waals surface area contributed by atoms with Crippen molar-refractivity contribution in [3.8, 4) is 0 Å². The van der Waals surface area contributed by atoms with Gasteiger partial charge >= 0.3 is 0 Å². The average molecular weight is 429 g/mol. The maximum atomic E-state index is 4.49. The van der Waals surface area contributed by atoms with Gasteiger partial charge < -0.3 is 0 Å². The maximum absolute atomic E-state index is 4.49. The molecule has 1 aromatic rings. The van der Waals surface area contributed by atoms with E-state index >= 15 is 0 Å². The van der Waals surface area contributed by atoms with Gasteiger partial charge in [0.05, 0.1) is 0 Å². The van der Waals surface area contributed by atoms with Crippen molar-refractivity contribution in [3.63, 3.8) is 0 Å². The monoisotopic (exact) mass is 428 g/mol. The van der Waals surface area contributed by atoms with Crippen LogP contribution in [0.25, 0.3) is 0 Å². The fourth-order valence-electron chi connectivity index (χ4n) is 8.12. The molecule has 0 radical (unpaired) electrons. The first kappa shape index (κ1) is 23.3. The van der Waals surface area contributed by atoms with Crippen molar-refractivity contribution >= 4 is 0 Å². The lowest BCUT2D eigenvalue weighted by Crippen LogP contribution is -2.50. The Hall–Kier alpha value is -1.82. The molecule has 0 heteroatoms. The molecule has 4 aliphatic carbocycles. The molecule has 172 valence electrons. The Bertz CT molecular complexity index is 835. The molecule has 1 aromatic carbocycles. The van der Waals surface area contributed by atoms with Gasteiger partial charge in [0.1, 0.15) is 0 Å². The fraction of sp³-hybridized carbons (Fsp3) is 0.562. The third kappa shape index (κ3) is 3.24. The summed E-state index contributed by atoms with van der Waals surface area (Å²) in [4.78, 5) is 0. The Balaban J connectivity index is 0.000000207. The molecule has 0 bridgehead atoms. The van der Waals surface area contributed by atoms with E-state index in [1.807, 2.05) is 0 Å². The Morgan fingerprint density at radius 2 is 0.844 bits per heavy atom. The molecule has 0 N–H and O–H groups in total. The zero-order valence-electron chi connectivity index (χ0n) is 21.5. The minimum atomic E-state index is 0.643. The van der Waals surface area contributed by atoms with Gasteiger partial charge in [0.25, 0.3) is 0 Å². The second-order valence-corrected chi connectivity index (χ2v) is 11.9. The summed E-state index contributed by atoms with van der Waals surface area (Å²) in [5.74, 6) is 7.44. The summed E-state index contributed by atoms with van der Waals surface area (Å²) in [6.07, 6.45) is 0. The molecule has 0 spiro atoms. The van der Waals surface area contributed by atoms with Crippen LogP contribution in [-0.4, -0.2) is 0 Å². The molecule has 4 saturated carbocycles. The fourth-order valence-corrected chi connectivity index (χ4v) is 8.12. The predicted octanol–water partition coefficient (Wildman–Crippen LogP) is 8.63. The standard InChI is InChI=1S/C22H30.C10H14/c1-9-10(2)18-15(7)16(8)20-12(4)11(3)19-14(6)13(5)17(9)21(18)22(19)20;1-8(2)10-6-4-9(3)5-7-10/h13-22H,1-4H2,5-8H3;4-8H,1-3H3. The summed E-state index contributed by atoms with van der Waals surface area (Å²) in [5, 5.41) is 0. The highest BCUT2D eigenvalue weighted by Gasteiger charge is 2.65. The highest BCUT2D eigenvalue weighted by Crippen LogP contribution is 2.71. The summed E-state index contributed by atoms with van der Waals surface area (Å²) in [7, 11) is 0. The third-order valence-corrected chi connectivity index (χ3v) is 10.2. The highest BCUT2D eigenvalue weighted by molar-refractivity contribution is 5.47. The van der Waals surface area contributed by atoms with Crippen molar-refractivity contribution in [3.05, 3.63) is 84.0 Å². The molecule has 4 fully saturated rings. The van der Waals surface area contributed by atoms with Gasteiger partial charge in [-0.25, -0.2) is 0 Å². The van der Waals surface area contributed by atoms with Gasteiger partial charge in [-0.2, -0.15) is 0 Å². The van der Waals surface area contributed by atoms with Gasteiger partial charge in [-0.15, -0.1) is 0 Å². The molecule has 0 nitrogen and oxygen atoms in total. The van der Waals surface area contributed by atoms with Crippen LogP contribution in [0.15, 0.2) is 72.9 Å². The smallest absolute Gasteiger partial charge is 0.00994 e. The first-order valence-electron chi connectivity index (χ1n) is 12.8. The van der Waals surface area contributed by atoms with Gasteiger partial charge in [-0.1, -0.05) is 97.7 Å². The summed E-state index contributed by atoms with van der Waals surface area (Å²) in [5.41, 5.74) is 8.24. The lowest BCUT2D eigenvalue weighted by molar-refractivity contribution is -0.0512. The first-order chi connectivity index (χ1) is 15.0. The quantitative estimate of drug-likeness (QED) is 0.420. The van der Waals surface area contributed by atoms with Crippen LogP contribution in [-0.2, 0) is 0 Å². The van der Waals surface area contributed by atoms with Crippen molar-refractivity contribution in [1.82, 2.24) is 0 Å². The van der Waals surface area contributed by atoms with Crippen LogP contribution >= 0.6 is 0 Å². The minimum absolute atomic E-state index is 0.643. The SMILES string of the molecule is C=C1C(=C)C2C(C)C(C)C3C(=C)C(=C)C4C(C)C(C)C1C2C43.Cc1ccc(C(C)C)cc1. The number of benzene rings is 1. The zero-order valence-corrected chi connectivity index (χ0v) is 21.5. The second-order valence-electron chi connectivity index (χ2n) is 11.9. The van der Waals surface area contributed by atoms with Crippen LogP contribution in [0.2, 0.25) is 0 Å². The Kier molecular flexibility index (Phi) is 5.98. The Morgan fingerprint density at radius 3 is 1.09 bits per heavy atom. The summed E-state index contributed by atoms with van der Waals surface area (Å²) in [6.45, 7) is 34.3. The van der Waals surface area contributed by atoms with Crippen LogP contribution in [0, 0.1) is 66.1 Å². The minimum Gasteiger partial charge on any atom is -0.0953 e. The maximum Gasteiger partial charge on any atom is -0.00994 e. The first-order valence-corrected chi connectivity index (χ1v) is 12.8. The second kappa shape index (κ2) is 8.19.